The molecule has 0 saturated carbocycles. The normalized spacial score (nSPS) is 15.5. The average molecular weight is 425 g/mol. The van der Waals surface area contributed by atoms with Crippen LogP contribution in [0.25, 0.3) is 11.0 Å². The number of amides is 1. The molecule has 0 spiro atoms. The minimum Gasteiger partial charge on any atom is -0.490 e. The lowest BCUT2D eigenvalue weighted by atomic mass is 10.1. The molecule has 0 bridgehead atoms. The van der Waals surface area contributed by atoms with Gasteiger partial charge in [-0.2, -0.15) is 0 Å². The zero-order valence-electron chi connectivity index (χ0n) is 15.2. The Balaban J connectivity index is 1.61. The van der Waals surface area contributed by atoms with Gasteiger partial charge in [0.25, 0.3) is 5.91 Å². The minimum absolute atomic E-state index is 0.0127. The lowest BCUT2D eigenvalue weighted by Crippen LogP contribution is -2.38. The molecule has 26 heavy (non-hydrogen) atoms. The third-order valence-electron chi connectivity index (χ3n) is 4.23. The number of hydrogen-bond donors (Lipinski definition) is 1. The topological polar surface area (TPSA) is 63.9 Å². The third kappa shape index (κ3) is 4.99. The van der Waals surface area contributed by atoms with Crippen LogP contribution in [0.1, 0.15) is 30.6 Å². The third-order valence-corrected chi connectivity index (χ3v) is 4.63. The maximum absolute atomic E-state index is 12.5. The first kappa shape index (κ1) is 19.2. The van der Waals surface area contributed by atoms with Gasteiger partial charge in [0.15, 0.2) is 4.67 Å². The molecule has 1 aromatic carbocycles. The van der Waals surface area contributed by atoms with Gasteiger partial charge >= 0.3 is 0 Å². The molecule has 1 aromatic heterocycles. The lowest BCUT2D eigenvalue weighted by Gasteiger charge is -2.26. The number of halogens is 1. The largest absolute Gasteiger partial charge is 0.490 e. The maximum atomic E-state index is 12.5. The van der Waals surface area contributed by atoms with Crippen LogP contribution in [-0.4, -0.2) is 56.3 Å². The molecule has 1 saturated heterocycles. The number of carbonyl (C=O) groups is 1. The van der Waals surface area contributed by atoms with Gasteiger partial charge in [-0.25, -0.2) is 0 Å². The van der Waals surface area contributed by atoms with Crippen molar-refractivity contribution in [1.29, 1.82) is 0 Å². The van der Waals surface area contributed by atoms with E-state index >= 15 is 0 Å². The highest BCUT2D eigenvalue weighted by Gasteiger charge is 2.16. The second-order valence-electron chi connectivity index (χ2n) is 6.67. The molecular formula is C19H25BrN2O4. The van der Waals surface area contributed by atoms with Crippen molar-refractivity contribution in [1.82, 2.24) is 10.2 Å². The Bertz CT molecular complexity index is 753. The molecule has 3 rings (SSSR count). The molecule has 1 amide bonds. The number of furan rings is 1. The Labute approximate surface area is 161 Å². The van der Waals surface area contributed by atoms with E-state index in [1.54, 1.807) is 12.1 Å². The van der Waals surface area contributed by atoms with Gasteiger partial charge in [0.1, 0.15) is 11.3 Å². The molecule has 1 fully saturated rings. The van der Waals surface area contributed by atoms with Crippen molar-refractivity contribution >= 4 is 32.8 Å². The molecule has 0 atom stereocenters. The first-order valence-electron chi connectivity index (χ1n) is 9.01. The van der Waals surface area contributed by atoms with Crippen LogP contribution in [-0.2, 0) is 4.74 Å². The Morgan fingerprint density at radius 1 is 1.31 bits per heavy atom. The standard InChI is InChI=1S/C19H25BrN2O4/c1-13(2)25-16-10-14(11-17-15(16)12-18(20)26-17)19(23)21-4-3-5-22-6-8-24-9-7-22/h10-13H,3-9H2,1-2H3,(H,21,23). The van der Waals surface area contributed by atoms with Crippen molar-refractivity contribution in [2.45, 2.75) is 26.4 Å². The van der Waals surface area contributed by atoms with E-state index in [1.165, 1.54) is 0 Å². The fourth-order valence-electron chi connectivity index (χ4n) is 2.99. The smallest absolute Gasteiger partial charge is 0.251 e. The summed E-state index contributed by atoms with van der Waals surface area (Å²) in [5.74, 6) is 0.542. The first-order valence-corrected chi connectivity index (χ1v) is 9.80. The minimum atomic E-state index is -0.116. The molecular weight excluding hydrogens is 400 g/mol. The van der Waals surface area contributed by atoms with Crippen LogP contribution in [0.3, 0.4) is 0 Å². The summed E-state index contributed by atoms with van der Waals surface area (Å²) < 4.78 is 17.4. The zero-order chi connectivity index (χ0) is 18.5. The van der Waals surface area contributed by atoms with Gasteiger partial charge in [-0.05, 0) is 54.9 Å². The van der Waals surface area contributed by atoms with E-state index < -0.39 is 0 Å². The number of rotatable bonds is 7. The Kier molecular flexibility index (Phi) is 6.56. The van der Waals surface area contributed by atoms with Crippen LogP contribution < -0.4 is 10.1 Å². The number of benzene rings is 1. The van der Waals surface area contributed by atoms with Gasteiger partial charge in [0.2, 0.25) is 0 Å². The molecule has 2 aromatic rings. The molecule has 6 nitrogen and oxygen atoms in total. The van der Waals surface area contributed by atoms with E-state index in [1.807, 2.05) is 19.9 Å². The van der Waals surface area contributed by atoms with E-state index in [0.29, 0.717) is 28.1 Å². The SMILES string of the molecule is CC(C)Oc1cc(C(=O)NCCCN2CCOCC2)cc2oc(Br)cc12. The molecule has 7 heteroatoms. The first-order chi connectivity index (χ1) is 12.5. The summed E-state index contributed by atoms with van der Waals surface area (Å²) in [6.45, 7) is 9.04. The summed E-state index contributed by atoms with van der Waals surface area (Å²) in [6, 6.07) is 5.39. The second-order valence-corrected chi connectivity index (χ2v) is 7.45. The molecule has 142 valence electrons. The van der Waals surface area contributed by atoms with Crippen LogP contribution in [0.4, 0.5) is 0 Å². The number of carbonyl (C=O) groups excluding carboxylic acids is 1. The van der Waals surface area contributed by atoms with Crippen LogP contribution in [0.15, 0.2) is 27.3 Å². The predicted octanol–water partition coefficient (Wildman–Crippen LogP) is 3.43. The highest BCUT2D eigenvalue weighted by Crippen LogP contribution is 2.33. The fraction of sp³-hybridized carbons (Fsp3) is 0.526. The number of fused-ring (bicyclic) bond motifs is 1. The van der Waals surface area contributed by atoms with Crippen LogP contribution in [0, 0.1) is 0 Å². The summed E-state index contributed by atoms with van der Waals surface area (Å²) >= 11 is 3.34. The van der Waals surface area contributed by atoms with E-state index in [0.717, 1.165) is 44.7 Å². The monoisotopic (exact) mass is 424 g/mol. The van der Waals surface area contributed by atoms with Crippen molar-refractivity contribution in [2.75, 3.05) is 39.4 Å². The van der Waals surface area contributed by atoms with Crippen LogP contribution in [0.5, 0.6) is 5.75 Å². The van der Waals surface area contributed by atoms with Gasteiger partial charge in [0, 0.05) is 31.3 Å². The van der Waals surface area contributed by atoms with Gasteiger partial charge in [0.05, 0.1) is 24.7 Å². The van der Waals surface area contributed by atoms with Crippen molar-refractivity contribution in [3.63, 3.8) is 0 Å². The van der Waals surface area contributed by atoms with Gasteiger partial charge in [-0.1, -0.05) is 0 Å². The van der Waals surface area contributed by atoms with Crippen molar-refractivity contribution < 1.29 is 18.7 Å². The summed E-state index contributed by atoms with van der Waals surface area (Å²) in [5, 5.41) is 3.84. The van der Waals surface area contributed by atoms with Crippen molar-refractivity contribution in [3.05, 3.63) is 28.4 Å². The van der Waals surface area contributed by atoms with E-state index in [-0.39, 0.29) is 12.0 Å². The number of nitrogens with zero attached hydrogens (tertiary/aromatic N) is 1. The average Bonchev–Trinajstić information content (AvgIpc) is 2.99. The molecule has 1 aliphatic rings. The van der Waals surface area contributed by atoms with Gasteiger partial charge in [-0.15, -0.1) is 0 Å². The molecule has 0 aliphatic carbocycles. The predicted molar refractivity (Wildman–Crippen MR) is 104 cm³/mol. The molecule has 1 aliphatic heterocycles. The quantitative estimate of drug-likeness (QED) is 0.689. The molecule has 2 heterocycles. The summed E-state index contributed by atoms with van der Waals surface area (Å²) in [7, 11) is 0. The lowest BCUT2D eigenvalue weighted by molar-refractivity contribution is 0.0374. The highest BCUT2D eigenvalue weighted by molar-refractivity contribution is 9.10. The number of nitrogens with one attached hydrogen (secondary N) is 1. The Morgan fingerprint density at radius 2 is 2.08 bits per heavy atom. The summed E-state index contributed by atoms with van der Waals surface area (Å²) in [6.07, 6.45) is 0.925. The zero-order valence-corrected chi connectivity index (χ0v) is 16.8. The van der Waals surface area contributed by atoms with E-state index in [2.05, 4.69) is 26.1 Å². The van der Waals surface area contributed by atoms with Gasteiger partial charge < -0.3 is 19.2 Å². The number of morpholine rings is 1. The number of ether oxygens (including phenoxy) is 2. The van der Waals surface area contributed by atoms with Crippen LogP contribution in [0.2, 0.25) is 0 Å². The summed E-state index contributed by atoms with van der Waals surface area (Å²) in [4.78, 5) is 14.9. The Hall–Kier alpha value is -1.57. The van der Waals surface area contributed by atoms with Crippen molar-refractivity contribution in [2.24, 2.45) is 0 Å². The van der Waals surface area contributed by atoms with Crippen LogP contribution >= 0.6 is 15.9 Å². The summed E-state index contributed by atoms with van der Waals surface area (Å²) in [5.41, 5.74) is 1.18. The second kappa shape index (κ2) is 8.88. The van der Waals surface area contributed by atoms with Crippen molar-refractivity contribution in [3.8, 4) is 5.75 Å². The van der Waals surface area contributed by atoms with E-state index in [9.17, 15) is 4.79 Å². The molecule has 0 radical (unpaired) electrons. The Morgan fingerprint density at radius 3 is 2.81 bits per heavy atom. The fourth-order valence-corrected chi connectivity index (χ4v) is 3.39. The highest BCUT2D eigenvalue weighted by atomic mass is 79.9. The maximum Gasteiger partial charge on any atom is 0.251 e. The van der Waals surface area contributed by atoms with E-state index in [4.69, 9.17) is 13.9 Å². The molecule has 1 N–H and O–H groups in total. The molecule has 0 unspecified atom stereocenters. The number of hydrogen-bond acceptors (Lipinski definition) is 5. The van der Waals surface area contributed by atoms with Gasteiger partial charge in [-0.3, -0.25) is 9.69 Å².